The highest BCUT2D eigenvalue weighted by Crippen LogP contribution is 2.47. The zero-order valence-electron chi connectivity index (χ0n) is 17.2. The number of anilines is 1. The maximum atomic E-state index is 12.9. The molecule has 0 aliphatic heterocycles. The Kier molecular flexibility index (Phi) is 6.42. The molecule has 1 aliphatic rings. The van der Waals surface area contributed by atoms with E-state index in [0.717, 1.165) is 11.3 Å². The van der Waals surface area contributed by atoms with Gasteiger partial charge in [-0.1, -0.05) is 30.3 Å². The van der Waals surface area contributed by atoms with E-state index in [1.165, 1.54) is 0 Å². The lowest BCUT2D eigenvalue weighted by molar-refractivity contribution is -0.134. The van der Waals surface area contributed by atoms with Crippen LogP contribution < -0.4 is 20.1 Å². The summed E-state index contributed by atoms with van der Waals surface area (Å²) in [4.78, 5) is 25.6. The van der Waals surface area contributed by atoms with Crippen LogP contribution in [0.4, 0.5) is 5.69 Å². The molecular formula is C23H28N2O4. The van der Waals surface area contributed by atoms with Gasteiger partial charge in [0.2, 0.25) is 11.8 Å². The van der Waals surface area contributed by atoms with Gasteiger partial charge in [-0.3, -0.25) is 9.59 Å². The smallest absolute Gasteiger partial charge is 0.240 e. The van der Waals surface area contributed by atoms with Gasteiger partial charge in [0.15, 0.2) is 0 Å². The first-order valence-corrected chi connectivity index (χ1v) is 9.93. The number of carbonyl (C=O) groups is 2. The summed E-state index contributed by atoms with van der Waals surface area (Å²) in [6, 6.07) is 15.0. The van der Waals surface area contributed by atoms with Crippen molar-refractivity contribution in [1.82, 2.24) is 5.32 Å². The minimum atomic E-state index is -0.994. The molecule has 2 amide bonds. The predicted octanol–water partition coefficient (Wildman–Crippen LogP) is 3.56. The second-order valence-electron chi connectivity index (χ2n) is 7.52. The van der Waals surface area contributed by atoms with E-state index in [-0.39, 0.29) is 17.9 Å². The third-order valence-electron chi connectivity index (χ3n) is 4.99. The summed E-state index contributed by atoms with van der Waals surface area (Å²) in [5.41, 5.74) is 0.606. The highest BCUT2D eigenvalue weighted by Gasteiger charge is 2.56. The zero-order valence-corrected chi connectivity index (χ0v) is 17.2. The van der Waals surface area contributed by atoms with E-state index in [4.69, 9.17) is 9.47 Å². The predicted molar refractivity (Wildman–Crippen MR) is 112 cm³/mol. The van der Waals surface area contributed by atoms with Gasteiger partial charge in [0, 0.05) is 6.54 Å². The highest BCUT2D eigenvalue weighted by atomic mass is 16.5. The Labute approximate surface area is 171 Å². The van der Waals surface area contributed by atoms with E-state index in [1.54, 1.807) is 13.2 Å². The van der Waals surface area contributed by atoms with Gasteiger partial charge in [-0.15, -0.1) is 0 Å². The maximum absolute atomic E-state index is 12.9. The second-order valence-corrected chi connectivity index (χ2v) is 7.52. The Hall–Kier alpha value is -3.02. The van der Waals surface area contributed by atoms with E-state index < -0.39 is 5.41 Å². The van der Waals surface area contributed by atoms with Crippen LogP contribution in [-0.2, 0) is 16.0 Å². The Morgan fingerprint density at radius 1 is 1.00 bits per heavy atom. The van der Waals surface area contributed by atoms with Crippen molar-refractivity contribution in [3.05, 3.63) is 54.1 Å². The van der Waals surface area contributed by atoms with Crippen LogP contribution in [0.2, 0.25) is 0 Å². The average Bonchev–Trinajstić information content (AvgIpc) is 3.51. The molecule has 154 valence electrons. The van der Waals surface area contributed by atoms with Gasteiger partial charge in [-0.25, -0.2) is 0 Å². The molecule has 29 heavy (non-hydrogen) atoms. The molecule has 0 unspecified atom stereocenters. The number of benzene rings is 2. The summed E-state index contributed by atoms with van der Waals surface area (Å²) >= 11 is 0. The number of ether oxygens (including phenoxy) is 2. The van der Waals surface area contributed by atoms with Crippen molar-refractivity contribution >= 4 is 17.5 Å². The normalized spacial score (nSPS) is 14.2. The Bertz CT molecular complexity index is 875. The standard InChI is InChI=1S/C23H28N2O4/c1-16(2)29-20-11-7-5-9-18(20)25-22(27)23(13-14-23)21(26)24-15-12-17-8-4-6-10-19(17)28-3/h4-11,16H,12-15H2,1-3H3,(H,24,26)(H,25,27). The van der Waals surface area contributed by atoms with Gasteiger partial charge in [0.05, 0.1) is 18.9 Å². The van der Waals surface area contributed by atoms with E-state index in [1.807, 2.05) is 56.3 Å². The Balaban J connectivity index is 1.59. The number of carbonyl (C=O) groups excluding carboxylic acids is 2. The first kappa shape index (κ1) is 20.7. The van der Waals surface area contributed by atoms with E-state index in [9.17, 15) is 9.59 Å². The summed E-state index contributed by atoms with van der Waals surface area (Å²) in [5.74, 6) is 0.880. The molecule has 0 aromatic heterocycles. The topological polar surface area (TPSA) is 76.7 Å². The molecule has 6 heteroatoms. The lowest BCUT2D eigenvalue weighted by atomic mass is 10.0. The third-order valence-corrected chi connectivity index (χ3v) is 4.99. The van der Waals surface area contributed by atoms with Crippen molar-refractivity contribution in [1.29, 1.82) is 0 Å². The summed E-state index contributed by atoms with van der Waals surface area (Å²) in [6.45, 7) is 4.30. The number of hydrogen-bond acceptors (Lipinski definition) is 4. The molecule has 1 fully saturated rings. The fourth-order valence-corrected chi connectivity index (χ4v) is 3.24. The maximum Gasteiger partial charge on any atom is 0.240 e. The van der Waals surface area contributed by atoms with Crippen molar-refractivity contribution in [3.63, 3.8) is 0 Å². The van der Waals surface area contributed by atoms with Crippen LogP contribution in [0.25, 0.3) is 0 Å². The first-order chi connectivity index (χ1) is 14.0. The van der Waals surface area contributed by atoms with Crippen molar-refractivity contribution in [2.75, 3.05) is 19.0 Å². The molecular weight excluding hydrogens is 368 g/mol. The molecule has 2 aromatic carbocycles. The van der Waals surface area contributed by atoms with E-state index >= 15 is 0 Å². The summed E-state index contributed by atoms with van der Waals surface area (Å²) in [5, 5.41) is 5.79. The van der Waals surface area contributed by atoms with Crippen LogP contribution in [0.1, 0.15) is 32.3 Å². The lowest BCUT2D eigenvalue weighted by Crippen LogP contribution is -2.40. The molecule has 3 rings (SSSR count). The van der Waals surface area contributed by atoms with Crippen LogP contribution in [0.3, 0.4) is 0 Å². The van der Waals surface area contributed by atoms with Crippen LogP contribution in [-0.4, -0.2) is 31.6 Å². The molecule has 1 saturated carbocycles. The molecule has 0 spiro atoms. The molecule has 0 heterocycles. The van der Waals surface area contributed by atoms with Gasteiger partial charge in [0.1, 0.15) is 16.9 Å². The number of methoxy groups -OCH3 is 1. The fourth-order valence-electron chi connectivity index (χ4n) is 3.24. The molecule has 0 radical (unpaired) electrons. The molecule has 1 aliphatic carbocycles. The molecule has 0 saturated heterocycles. The van der Waals surface area contributed by atoms with Gasteiger partial charge < -0.3 is 20.1 Å². The van der Waals surface area contributed by atoms with E-state index in [0.29, 0.717) is 37.2 Å². The quantitative estimate of drug-likeness (QED) is 0.636. The molecule has 0 bridgehead atoms. The monoisotopic (exact) mass is 396 g/mol. The van der Waals surface area contributed by atoms with Crippen molar-refractivity contribution in [2.45, 2.75) is 39.2 Å². The lowest BCUT2D eigenvalue weighted by Gasteiger charge is -2.18. The van der Waals surface area contributed by atoms with Crippen LogP contribution in [0.5, 0.6) is 11.5 Å². The number of rotatable bonds is 9. The first-order valence-electron chi connectivity index (χ1n) is 9.93. The van der Waals surface area contributed by atoms with Gasteiger partial charge in [-0.2, -0.15) is 0 Å². The Morgan fingerprint density at radius 2 is 1.66 bits per heavy atom. The SMILES string of the molecule is COc1ccccc1CCNC(=O)C1(C(=O)Nc2ccccc2OC(C)C)CC1. The van der Waals surface area contributed by atoms with Crippen LogP contribution in [0.15, 0.2) is 48.5 Å². The van der Waals surface area contributed by atoms with Crippen molar-refractivity contribution in [2.24, 2.45) is 5.41 Å². The highest BCUT2D eigenvalue weighted by molar-refractivity contribution is 6.13. The summed E-state index contributed by atoms with van der Waals surface area (Å²) in [7, 11) is 1.63. The van der Waals surface area contributed by atoms with E-state index in [2.05, 4.69) is 10.6 Å². The number of para-hydroxylation sites is 3. The van der Waals surface area contributed by atoms with Crippen LogP contribution in [0, 0.1) is 5.41 Å². The average molecular weight is 396 g/mol. The minimum absolute atomic E-state index is 0.0128. The molecule has 6 nitrogen and oxygen atoms in total. The number of amides is 2. The fraction of sp³-hybridized carbons (Fsp3) is 0.391. The zero-order chi connectivity index (χ0) is 20.9. The van der Waals surface area contributed by atoms with Crippen molar-refractivity contribution in [3.8, 4) is 11.5 Å². The van der Waals surface area contributed by atoms with Crippen molar-refractivity contribution < 1.29 is 19.1 Å². The second kappa shape index (κ2) is 8.99. The number of hydrogen-bond donors (Lipinski definition) is 2. The Morgan fingerprint density at radius 3 is 2.31 bits per heavy atom. The molecule has 2 N–H and O–H groups in total. The van der Waals surface area contributed by atoms with Crippen LogP contribution >= 0.6 is 0 Å². The molecule has 2 aromatic rings. The largest absolute Gasteiger partial charge is 0.496 e. The minimum Gasteiger partial charge on any atom is -0.496 e. The third kappa shape index (κ3) is 4.88. The van der Waals surface area contributed by atoms with Gasteiger partial charge >= 0.3 is 0 Å². The summed E-state index contributed by atoms with van der Waals surface area (Å²) in [6.07, 6.45) is 1.72. The molecule has 0 atom stereocenters. The number of nitrogens with one attached hydrogen (secondary N) is 2. The van der Waals surface area contributed by atoms with Gasteiger partial charge in [-0.05, 0) is 56.9 Å². The summed E-state index contributed by atoms with van der Waals surface area (Å²) < 4.78 is 11.1. The van der Waals surface area contributed by atoms with Gasteiger partial charge in [0.25, 0.3) is 0 Å².